The lowest BCUT2D eigenvalue weighted by Crippen LogP contribution is -1.80. The van der Waals surface area contributed by atoms with Gasteiger partial charge in [-0.05, 0) is 37.6 Å². The van der Waals surface area contributed by atoms with E-state index in [0.29, 0.717) is 5.02 Å². The molecule has 1 aromatic rings. The summed E-state index contributed by atoms with van der Waals surface area (Å²) < 4.78 is 0. The topological polar surface area (TPSA) is 20.2 Å². The number of hydrogen-bond acceptors (Lipinski definition) is 1. The lowest BCUT2D eigenvalue weighted by Gasteiger charge is -2.04. The second-order valence-electron chi connectivity index (χ2n) is 2.63. The maximum atomic E-state index is 9.44. The van der Waals surface area contributed by atoms with Crippen LogP contribution in [0.3, 0.4) is 0 Å². The zero-order chi connectivity index (χ0) is 9.14. The van der Waals surface area contributed by atoms with E-state index in [0.717, 1.165) is 11.1 Å². The molecule has 0 heterocycles. The van der Waals surface area contributed by atoms with Crippen LogP contribution in [0.15, 0.2) is 24.3 Å². The Hall–Kier alpha value is -0.950. The van der Waals surface area contributed by atoms with Crippen LogP contribution in [0.1, 0.15) is 19.4 Å². The monoisotopic (exact) mass is 182 g/mol. The van der Waals surface area contributed by atoms with Gasteiger partial charge in [0.15, 0.2) is 0 Å². The minimum Gasteiger partial charge on any atom is -0.507 e. The average molecular weight is 183 g/mol. The first-order valence-electron chi connectivity index (χ1n) is 3.77. The van der Waals surface area contributed by atoms with E-state index in [1.165, 1.54) is 0 Å². The molecular formula is C10H11ClO. The van der Waals surface area contributed by atoms with E-state index >= 15 is 0 Å². The molecule has 0 bridgehead atoms. The standard InChI is InChI=1S/C10H11ClO/c1-3-7(2)9-6-8(11)4-5-10(9)12/h3-6,12H,1-2H3/b7-3-. The molecule has 0 aliphatic carbocycles. The summed E-state index contributed by atoms with van der Waals surface area (Å²) >= 11 is 5.78. The third kappa shape index (κ3) is 1.80. The van der Waals surface area contributed by atoms with Gasteiger partial charge in [0.25, 0.3) is 0 Å². The molecule has 0 saturated heterocycles. The van der Waals surface area contributed by atoms with Crippen LogP contribution in [-0.2, 0) is 0 Å². The number of halogens is 1. The van der Waals surface area contributed by atoms with E-state index in [1.54, 1.807) is 18.2 Å². The van der Waals surface area contributed by atoms with E-state index in [2.05, 4.69) is 0 Å². The van der Waals surface area contributed by atoms with Crippen LogP contribution < -0.4 is 0 Å². The highest BCUT2D eigenvalue weighted by atomic mass is 35.5. The zero-order valence-electron chi connectivity index (χ0n) is 7.13. The largest absolute Gasteiger partial charge is 0.507 e. The third-order valence-electron chi connectivity index (χ3n) is 1.82. The van der Waals surface area contributed by atoms with Crippen molar-refractivity contribution in [2.75, 3.05) is 0 Å². The van der Waals surface area contributed by atoms with E-state index in [-0.39, 0.29) is 5.75 Å². The Morgan fingerprint density at radius 2 is 2.17 bits per heavy atom. The van der Waals surface area contributed by atoms with Crippen molar-refractivity contribution in [2.45, 2.75) is 13.8 Å². The van der Waals surface area contributed by atoms with E-state index in [1.807, 2.05) is 19.9 Å². The van der Waals surface area contributed by atoms with Crippen molar-refractivity contribution >= 4 is 17.2 Å². The fourth-order valence-corrected chi connectivity index (χ4v) is 1.15. The molecule has 0 fully saturated rings. The number of aromatic hydroxyl groups is 1. The average Bonchev–Trinajstić information content (AvgIpc) is 2.08. The van der Waals surface area contributed by atoms with Crippen LogP contribution in [0.2, 0.25) is 5.02 Å². The van der Waals surface area contributed by atoms with Gasteiger partial charge < -0.3 is 5.11 Å². The van der Waals surface area contributed by atoms with E-state index < -0.39 is 0 Å². The fourth-order valence-electron chi connectivity index (χ4n) is 0.980. The Kier molecular flexibility index (Phi) is 2.77. The highest BCUT2D eigenvalue weighted by molar-refractivity contribution is 6.30. The first-order valence-corrected chi connectivity index (χ1v) is 4.14. The maximum Gasteiger partial charge on any atom is 0.123 e. The number of benzene rings is 1. The molecule has 1 aromatic carbocycles. The Labute approximate surface area is 77.3 Å². The molecule has 0 unspecified atom stereocenters. The van der Waals surface area contributed by atoms with Gasteiger partial charge in [-0.1, -0.05) is 17.7 Å². The summed E-state index contributed by atoms with van der Waals surface area (Å²) in [6.07, 6.45) is 1.94. The zero-order valence-corrected chi connectivity index (χ0v) is 7.89. The SMILES string of the molecule is C/C=C(/C)c1cc(Cl)ccc1O. The van der Waals surface area contributed by atoms with Gasteiger partial charge in [0, 0.05) is 10.6 Å². The second kappa shape index (κ2) is 3.63. The van der Waals surface area contributed by atoms with Gasteiger partial charge in [0.05, 0.1) is 0 Å². The summed E-state index contributed by atoms with van der Waals surface area (Å²) in [4.78, 5) is 0. The maximum absolute atomic E-state index is 9.44. The summed E-state index contributed by atoms with van der Waals surface area (Å²) in [5.74, 6) is 0.273. The molecular weight excluding hydrogens is 172 g/mol. The Bertz CT molecular complexity index is 316. The highest BCUT2D eigenvalue weighted by Gasteiger charge is 2.02. The van der Waals surface area contributed by atoms with Gasteiger partial charge in [0.1, 0.15) is 5.75 Å². The number of phenolic OH excluding ortho intramolecular Hbond substituents is 1. The number of hydrogen-bond donors (Lipinski definition) is 1. The summed E-state index contributed by atoms with van der Waals surface area (Å²) in [5, 5.41) is 10.1. The van der Waals surface area contributed by atoms with Crippen LogP contribution in [0, 0.1) is 0 Å². The van der Waals surface area contributed by atoms with Gasteiger partial charge in [-0.15, -0.1) is 0 Å². The number of allylic oxidation sites excluding steroid dienone is 2. The lowest BCUT2D eigenvalue weighted by atomic mass is 10.1. The van der Waals surface area contributed by atoms with Crippen LogP contribution in [-0.4, -0.2) is 5.11 Å². The van der Waals surface area contributed by atoms with Crippen molar-refractivity contribution in [1.82, 2.24) is 0 Å². The predicted octanol–water partition coefficient (Wildman–Crippen LogP) is 3.47. The molecule has 0 spiro atoms. The lowest BCUT2D eigenvalue weighted by molar-refractivity contribution is 0.473. The smallest absolute Gasteiger partial charge is 0.123 e. The van der Waals surface area contributed by atoms with Crippen molar-refractivity contribution in [3.8, 4) is 5.75 Å². The minimum absolute atomic E-state index is 0.273. The van der Waals surface area contributed by atoms with Gasteiger partial charge in [-0.25, -0.2) is 0 Å². The number of rotatable bonds is 1. The fraction of sp³-hybridized carbons (Fsp3) is 0.200. The van der Waals surface area contributed by atoms with Gasteiger partial charge in [0.2, 0.25) is 0 Å². The van der Waals surface area contributed by atoms with Crippen LogP contribution in [0.4, 0.5) is 0 Å². The van der Waals surface area contributed by atoms with Gasteiger partial charge in [-0.2, -0.15) is 0 Å². The van der Waals surface area contributed by atoms with Crippen LogP contribution >= 0.6 is 11.6 Å². The Morgan fingerprint density at radius 1 is 1.50 bits per heavy atom. The van der Waals surface area contributed by atoms with Crippen molar-refractivity contribution in [2.24, 2.45) is 0 Å². The van der Waals surface area contributed by atoms with Crippen LogP contribution in [0.5, 0.6) is 5.75 Å². The normalized spacial score (nSPS) is 11.8. The summed E-state index contributed by atoms with van der Waals surface area (Å²) in [6, 6.07) is 5.03. The molecule has 0 atom stereocenters. The van der Waals surface area contributed by atoms with E-state index in [4.69, 9.17) is 11.6 Å². The second-order valence-corrected chi connectivity index (χ2v) is 3.07. The predicted molar refractivity (Wildman–Crippen MR) is 52.4 cm³/mol. The quantitative estimate of drug-likeness (QED) is 0.705. The van der Waals surface area contributed by atoms with Crippen LogP contribution in [0.25, 0.3) is 5.57 Å². The number of phenols is 1. The van der Waals surface area contributed by atoms with Gasteiger partial charge in [-0.3, -0.25) is 0 Å². The van der Waals surface area contributed by atoms with E-state index in [9.17, 15) is 5.11 Å². The molecule has 0 amide bonds. The Balaban J connectivity index is 3.23. The summed E-state index contributed by atoms with van der Waals surface area (Å²) in [5.41, 5.74) is 1.82. The molecule has 2 heteroatoms. The first-order chi connectivity index (χ1) is 5.65. The van der Waals surface area contributed by atoms with Gasteiger partial charge >= 0.3 is 0 Å². The summed E-state index contributed by atoms with van der Waals surface area (Å²) in [7, 11) is 0. The molecule has 1 nitrogen and oxygen atoms in total. The first kappa shape index (κ1) is 9.14. The minimum atomic E-state index is 0.273. The molecule has 0 aromatic heterocycles. The Morgan fingerprint density at radius 3 is 2.75 bits per heavy atom. The van der Waals surface area contributed by atoms with Crippen molar-refractivity contribution < 1.29 is 5.11 Å². The van der Waals surface area contributed by atoms with Crippen molar-refractivity contribution in [3.63, 3.8) is 0 Å². The van der Waals surface area contributed by atoms with Crippen molar-refractivity contribution in [1.29, 1.82) is 0 Å². The summed E-state index contributed by atoms with van der Waals surface area (Å²) in [6.45, 7) is 3.86. The van der Waals surface area contributed by atoms with Crippen molar-refractivity contribution in [3.05, 3.63) is 34.9 Å². The molecule has 1 rings (SSSR count). The molecule has 1 N–H and O–H groups in total. The molecule has 0 radical (unpaired) electrons. The molecule has 12 heavy (non-hydrogen) atoms. The molecule has 0 aliphatic heterocycles. The third-order valence-corrected chi connectivity index (χ3v) is 2.05. The highest BCUT2D eigenvalue weighted by Crippen LogP contribution is 2.27. The molecule has 0 aliphatic rings. The molecule has 0 saturated carbocycles. The molecule has 64 valence electrons.